The summed E-state index contributed by atoms with van der Waals surface area (Å²) in [5, 5.41) is 13.2. The monoisotopic (exact) mass is 324 g/mol. The molecule has 1 aromatic carbocycles. The molecule has 8 heteroatoms. The Kier molecular flexibility index (Phi) is 5.72. The third-order valence-electron chi connectivity index (χ3n) is 2.04. The molecule has 104 valence electrons. The number of hydrogen-bond acceptors (Lipinski definition) is 4. The Morgan fingerprint density at radius 3 is 2.32 bits per heavy atom. The van der Waals surface area contributed by atoms with E-state index in [1.807, 2.05) is 0 Å². The minimum atomic E-state index is -1.39. The zero-order valence-electron chi connectivity index (χ0n) is 9.71. The zero-order chi connectivity index (χ0) is 14.6. The van der Waals surface area contributed by atoms with Crippen molar-refractivity contribution in [3.63, 3.8) is 0 Å². The van der Waals surface area contributed by atoms with Gasteiger partial charge < -0.3 is 20.0 Å². The second-order valence-corrected chi connectivity index (χ2v) is 4.85. The first-order valence-electron chi connectivity index (χ1n) is 5.09. The van der Waals surface area contributed by atoms with E-state index in [4.69, 9.17) is 39.5 Å². The molecular weight excluding hydrogens is 316 g/mol. The molecule has 1 amide bonds. The van der Waals surface area contributed by atoms with Crippen molar-refractivity contribution in [2.45, 2.75) is 13.0 Å². The van der Waals surface area contributed by atoms with Crippen LogP contribution in [0.3, 0.4) is 0 Å². The Labute approximate surface area is 124 Å². The summed E-state index contributed by atoms with van der Waals surface area (Å²) in [4.78, 5) is 21.8. The quantitative estimate of drug-likeness (QED) is 0.884. The second kappa shape index (κ2) is 6.84. The lowest BCUT2D eigenvalue weighted by Gasteiger charge is -2.15. The van der Waals surface area contributed by atoms with Crippen LogP contribution in [0.15, 0.2) is 12.1 Å². The number of rotatable bonds is 5. The SMILES string of the molecule is C[C@H](NC(=O)COc1c(Cl)cc(Cl)cc1Cl)C(=O)[O-]. The van der Waals surface area contributed by atoms with Crippen LogP contribution in [0.1, 0.15) is 6.92 Å². The van der Waals surface area contributed by atoms with E-state index in [0.29, 0.717) is 5.02 Å². The number of carbonyl (C=O) groups excluding carboxylic acids is 2. The van der Waals surface area contributed by atoms with Crippen molar-refractivity contribution >= 4 is 46.7 Å². The number of halogens is 3. The maximum atomic E-state index is 11.4. The molecule has 1 atom stereocenters. The number of carboxylic acid groups (broad SMARTS) is 1. The van der Waals surface area contributed by atoms with Crippen LogP contribution in [0.25, 0.3) is 0 Å². The van der Waals surface area contributed by atoms with Gasteiger partial charge in [-0.3, -0.25) is 4.79 Å². The minimum Gasteiger partial charge on any atom is -0.548 e. The molecule has 5 nitrogen and oxygen atoms in total. The number of aliphatic carboxylic acids is 1. The fraction of sp³-hybridized carbons (Fsp3) is 0.273. The number of carboxylic acids is 1. The number of carbonyl (C=O) groups is 2. The predicted molar refractivity (Wildman–Crippen MR) is 69.6 cm³/mol. The van der Waals surface area contributed by atoms with E-state index in [1.54, 1.807) is 0 Å². The van der Waals surface area contributed by atoms with Gasteiger partial charge in [0.15, 0.2) is 12.4 Å². The van der Waals surface area contributed by atoms with Crippen LogP contribution >= 0.6 is 34.8 Å². The van der Waals surface area contributed by atoms with Gasteiger partial charge >= 0.3 is 0 Å². The Hall–Kier alpha value is -1.17. The maximum absolute atomic E-state index is 11.4. The van der Waals surface area contributed by atoms with E-state index in [-0.39, 0.29) is 15.8 Å². The number of amides is 1. The van der Waals surface area contributed by atoms with Crippen LogP contribution in [0.5, 0.6) is 5.75 Å². The summed E-state index contributed by atoms with van der Waals surface area (Å²) in [6.45, 7) is 0.841. The summed E-state index contributed by atoms with van der Waals surface area (Å²) in [5.41, 5.74) is 0. The molecule has 0 heterocycles. The molecule has 0 aliphatic rings. The highest BCUT2D eigenvalue weighted by Crippen LogP contribution is 2.35. The van der Waals surface area contributed by atoms with Gasteiger partial charge in [0.25, 0.3) is 5.91 Å². The normalized spacial score (nSPS) is 11.8. The highest BCUT2D eigenvalue weighted by molar-refractivity contribution is 6.40. The Morgan fingerprint density at radius 2 is 1.84 bits per heavy atom. The van der Waals surface area contributed by atoms with E-state index in [9.17, 15) is 14.7 Å². The third kappa shape index (κ3) is 4.78. The molecule has 0 aliphatic carbocycles. The van der Waals surface area contributed by atoms with Crippen LogP contribution in [-0.2, 0) is 9.59 Å². The van der Waals surface area contributed by atoms with E-state index in [1.165, 1.54) is 19.1 Å². The van der Waals surface area contributed by atoms with E-state index >= 15 is 0 Å². The van der Waals surface area contributed by atoms with Gasteiger partial charge in [-0.15, -0.1) is 0 Å². The van der Waals surface area contributed by atoms with E-state index in [2.05, 4.69) is 5.32 Å². The summed E-state index contributed by atoms with van der Waals surface area (Å²) in [6, 6.07) is 1.70. The largest absolute Gasteiger partial charge is 0.548 e. The number of benzene rings is 1. The Balaban J connectivity index is 2.63. The summed E-state index contributed by atoms with van der Waals surface area (Å²) in [7, 11) is 0. The third-order valence-corrected chi connectivity index (χ3v) is 2.82. The standard InChI is InChI=1S/C11H10Cl3NO4/c1-5(11(17)18)15-9(16)4-19-10-7(13)2-6(12)3-8(10)14/h2-3,5H,4H2,1H3,(H,15,16)(H,17,18)/p-1/t5-/m0/s1. The van der Waals surface area contributed by atoms with Crippen molar-refractivity contribution < 1.29 is 19.4 Å². The Morgan fingerprint density at radius 1 is 1.32 bits per heavy atom. The van der Waals surface area contributed by atoms with Gasteiger partial charge in [0.2, 0.25) is 0 Å². The van der Waals surface area contributed by atoms with Gasteiger partial charge in [0.05, 0.1) is 22.1 Å². The fourth-order valence-electron chi connectivity index (χ4n) is 1.15. The summed E-state index contributed by atoms with van der Waals surface area (Å²) >= 11 is 17.4. The molecule has 0 bridgehead atoms. The van der Waals surface area contributed by atoms with Gasteiger partial charge in [0.1, 0.15) is 0 Å². The summed E-state index contributed by atoms with van der Waals surface area (Å²) < 4.78 is 5.12. The van der Waals surface area contributed by atoms with Crippen LogP contribution in [-0.4, -0.2) is 24.5 Å². The fourth-order valence-corrected chi connectivity index (χ4v) is 2.07. The van der Waals surface area contributed by atoms with Crippen molar-refractivity contribution in [2.24, 2.45) is 0 Å². The topological polar surface area (TPSA) is 78.5 Å². The van der Waals surface area contributed by atoms with Crippen LogP contribution in [0.4, 0.5) is 0 Å². The highest BCUT2D eigenvalue weighted by Gasteiger charge is 2.13. The molecule has 0 radical (unpaired) electrons. The predicted octanol–water partition coefficient (Wildman–Crippen LogP) is 1.28. The maximum Gasteiger partial charge on any atom is 0.258 e. The van der Waals surface area contributed by atoms with Gasteiger partial charge in [-0.05, 0) is 19.1 Å². The molecule has 0 spiro atoms. The second-order valence-electron chi connectivity index (χ2n) is 3.60. The van der Waals surface area contributed by atoms with Gasteiger partial charge in [-0.1, -0.05) is 34.8 Å². The lowest BCUT2D eigenvalue weighted by molar-refractivity contribution is -0.307. The van der Waals surface area contributed by atoms with E-state index < -0.39 is 24.5 Å². The molecule has 1 aromatic rings. The molecule has 19 heavy (non-hydrogen) atoms. The van der Waals surface area contributed by atoms with Crippen molar-refractivity contribution in [3.8, 4) is 5.75 Å². The zero-order valence-corrected chi connectivity index (χ0v) is 12.0. The average Bonchev–Trinajstić information content (AvgIpc) is 2.27. The molecule has 0 aliphatic heterocycles. The van der Waals surface area contributed by atoms with Crippen LogP contribution < -0.4 is 15.2 Å². The van der Waals surface area contributed by atoms with Gasteiger partial charge in [-0.25, -0.2) is 0 Å². The molecule has 1 N–H and O–H groups in total. The molecule has 1 rings (SSSR count). The number of hydrogen-bond donors (Lipinski definition) is 1. The van der Waals surface area contributed by atoms with Crippen LogP contribution in [0.2, 0.25) is 15.1 Å². The Bertz CT molecular complexity index is 484. The summed E-state index contributed by atoms with van der Waals surface area (Å²) in [6.07, 6.45) is 0. The number of nitrogens with one attached hydrogen (secondary N) is 1. The van der Waals surface area contributed by atoms with Gasteiger partial charge in [-0.2, -0.15) is 0 Å². The van der Waals surface area contributed by atoms with Crippen LogP contribution in [0, 0.1) is 0 Å². The lowest BCUT2D eigenvalue weighted by Crippen LogP contribution is -2.47. The molecular formula is C11H9Cl3NO4-. The van der Waals surface area contributed by atoms with Crippen molar-refractivity contribution in [1.82, 2.24) is 5.32 Å². The first kappa shape index (κ1) is 15.9. The van der Waals surface area contributed by atoms with E-state index in [0.717, 1.165) is 0 Å². The molecule has 0 saturated heterocycles. The molecule has 0 unspecified atom stereocenters. The lowest BCUT2D eigenvalue weighted by atomic mass is 10.3. The van der Waals surface area contributed by atoms with Crippen molar-refractivity contribution in [1.29, 1.82) is 0 Å². The summed E-state index contributed by atoms with van der Waals surface area (Å²) in [5.74, 6) is -1.93. The molecule has 0 aromatic heterocycles. The van der Waals surface area contributed by atoms with Crippen molar-refractivity contribution in [2.75, 3.05) is 6.61 Å². The van der Waals surface area contributed by atoms with Gasteiger partial charge in [0, 0.05) is 5.02 Å². The first-order valence-corrected chi connectivity index (χ1v) is 6.22. The smallest absolute Gasteiger partial charge is 0.258 e. The first-order chi connectivity index (χ1) is 8.81. The average molecular weight is 326 g/mol. The molecule has 0 saturated carbocycles. The molecule has 0 fully saturated rings. The van der Waals surface area contributed by atoms with Crippen molar-refractivity contribution in [3.05, 3.63) is 27.2 Å². The minimum absolute atomic E-state index is 0.101. The number of ether oxygens (including phenoxy) is 1. The highest BCUT2D eigenvalue weighted by atomic mass is 35.5.